The molecule has 1 atom stereocenters. The molecule has 1 fully saturated rings. The molecule has 1 heterocycles. The molecule has 0 radical (unpaired) electrons. The Morgan fingerprint density at radius 1 is 1.17 bits per heavy atom. The van der Waals surface area contributed by atoms with E-state index in [9.17, 15) is 9.59 Å². The molecule has 0 unspecified atom stereocenters. The van der Waals surface area contributed by atoms with Crippen molar-refractivity contribution in [2.45, 2.75) is 52.2 Å². The highest BCUT2D eigenvalue weighted by atomic mass is 16.6. The first kappa shape index (κ1) is 18.3. The van der Waals surface area contributed by atoms with Crippen molar-refractivity contribution in [2.75, 3.05) is 13.1 Å². The maximum absolute atomic E-state index is 12.4. The van der Waals surface area contributed by atoms with Gasteiger partial charge in [0.05, 0.1) is 6.04 Å². The number of nitrogens with zero attached hydrogens (tertiary/aromatic N) is 1. The highest BCUT2D eigenvalue weighted by molar-refractivity contribution is 5.79. The van der Waals surface area contributed by atoms with E-state index in [1.54, 1.807) is 4.90 Å². The molecule has 1 aliphatic rings. The number of piperidine rings is 1. The van der Waals surface area contributed by atoms with Crippen LogP contribution in [0.3, 0.4) is 0 Å². The maximum Gasteiger partial charge on any atom is 0.410 e. The van der Waals surface area contributed by atoms with Crippen LogP contribution in [0.25, 0.3) is 0 Å². The summed E-state index contributed by atoms with van der Waals surface area (Å²) in [4.78, 5) is 26.2. The minimum absolute atomic E-state index is 0.0115. The van der Waals surface area contributed by atoms with Gasteiger partial charge in [0.25, 0.3) is 0 Å². The molecule has 24 heavy (non-hydrogen) atoms. The highest BCUT2D eigenvalue weighted by Gasteiger charge is 2.30. The van der Waals surface area contributed by atoms with E-state index in [-0.39, 0.29) is 24.0 Å². The molecule has 1 aliphatic heterocycles. The van der Waals surface area contributed by atoms with Gasteiger partial charge in [0, 0.05) is 19.0 Å². The zero-order valence-electron chi connectivity index (χ0n) is 15.0. The van der Waals surface area contributed by atoms with Crippen molar-refractivity contribution < 1.29 is 14.3 Å². The van der Waals surface area contributed by atoms with Crippen LogP contribution in [0.1, 0.15) is 52.1 Å². The summed E-state index contributed by atoms with van der Waals surface area (Å²) in [5.41, 5.74) is 0.605. The normalized spacial score (nSPS) is 17.2. The van der Waals surface area contributed by atoms with Gasteiger partial charge in [-0.15, -0.1) is 0 Å². The van der Waals surface area contributed by atoms with Crippen LogP contribution in [-0.2, 0) is 9.53 Å². The molecule has 132 valence electrons. The van der Waals surface area contributed by atoms with Gasteiger partial charge in [-0.25, -0.2) is 4.79 Å². The quantitative estimate of drug-likeness (QED) is 0.921. The van der Waals surface area contributed by atoms with Gasteiger partial charge in [-0.2, -0.15) is 0 Å². The minimum Gasteiger partial charge on any atom is -0.444 e. The smallest absolute Gasteiger partial charge is 0.410 e. The van der Waals surface area contributed by atoms with Gasteiger partial charge in [-0.05, 0) is 46.1 Å². The van der Waals surface area contributed by atoms with Gasteiger partial charge in [0.2, 0.25) is 5.91 Å². The molecule has 0 bridgehead atoms. The summed E-state index contributed by atoms with van der Waals surface area (Å²) in [6.45, 7) is 8.69. The first-order valence-electron chi connectivity index (χ1n) is 8.59. The Bertz CT molecular complexity index is 558. The van der Waals surface area contributed by atoms with Crippen LogP contribution in [0.5, 0.6) is 0 Å². The standard InChI is InChI=1S/C19H28N2O3/c1-14(15-8-6-5-7-9-15)20-17(22)16-10-12-21(13-11-16)18(23)24-19(2,3)4/h5-9,14,16H,10-13H2,1-4H3,(H,20,22)/t14-/m1/s1. The predicted octanol–water partition coefficient (Wildman–Crippen LogP) is 3.51. The second-order valence-corrected chi connectivity index (χ2v) is 7.38. The van der Waals surface area contributed by atoms with Crippen LogP contribution < -0.4 is 5.32 Å². The van der Waals surface area contributed by atoms with Crippen molar-refractivity contribution in [3.8, 4) is 0 Å². The third-order valence-corrected chi connectivity index (χ3v) is 4.18. The lowest BCUT2D eigenvalue weighted by Crippen LogP contribution is -2.45. The third-order valence-electron chi connectivity index (χ3n) is 4.18. The van der Waals surface area contributed by atoms with Crippen LogP contribution in [0, 0.1) is 5.92 Å². The van der Waals surface area contributed by atoms with Crippen molar-refractivity contribution in [1.29, 1.82) is 0 Å². The lowest BCUT2D eigenvalue weighted by atomic mass is 9.95. The summed E-state index contributed by atoms with van der Waals surface area (Å²) in [5.74, 6) is 0.0186. The monoisotopic (exact) mass is 332 g/mol. The molecular weight excluding hydrogens is 304 g/mol. The Hall–Kier alpha value is -2.04. The number of carbonyl (C=O) groups is 2. The molecule has 1 N–H and O–H groups in total. The first-order valence-corrected chi connectivity index (χ1v) is 8.59. The maximum atomic E-state index is 12.4. The second kappa shape index (κ2) is 7.69. The molecule has 0 saturated carbocycles. The third kappa shape index (κ3) is 5.25. The molecule has 0 aromatic heterocycles. The number of nitrogens with one attached hydrogen (secondary N) is 1. The molecule has 1 aromatic rings. The van der Waals surface area contributed by atoms with E-state index < -0.39 is 5.60 Å². The number of benzene rings is 1. The number of likely N-dealkylation sites (tertiary alicyclic amines) is 1. The van der Waals surface area contributed by atoms with Gasteiger partial charge in [0.1, 0.15) is 5.60 Å². The molecule has 1 aromatic carbocycles. The van der Waals surface area contributed by atoms with Crippen LogP contribution >= 0.6 is 0 Å². The van der Waals surface area contributed by atoms with E-state index in [0.29, 0.717) is 25.9 Å². The average Bonchev–Trinajstić information content (AvgIpc) is 2.54. The lowest BCUT2D eigenvalue weighted by molar-refractivity contribution is -0.127. The van der Waals surface area contributed by atoms with E-state index in [4.69, 9.17) is 4.74 Å². The van der Waals surface area contributed by atoms with E-state index >= 15 is 0 Å². The fourth-order valence-corrected chi connectivity index (χ4v) is 2.81. The predicted molar refractivity (Wildman–Crippen MR) is 93.5 cm³/mol. The largest absolute Gasteiger partial charge is 0.444 e. The van der Waals surface area contributed by atoms with Crippen LogP contribution in [0.2, 0.25) is 0 Å². The molecule has 2 amide bonds. The summed E-state index contributed by atoms with van der Waals surface area (Å²) < 4.78 is 5.38. The van der Waals surface area contributed by atoms with E-state index in [0.717, 1.165) is 5.56 Å². The molecule has 5 heteroatoms. The van der Waals surface area contributed by atoms with Gasteiger partial charge in [-0.1, -0.05) is 30.3 Å². The summed E-state index contributed by atoms with van der Waals surface area (Å²) in [7, 11) is 0. The summed E-state index contributed by atoms with van der Waals surface area (Å²) in [5, 5.41) is 3.07. The van der Waals surface area contributed by atoms with Crippen molar-refractivity contribution in [2.24, 2.45) is 5.92 Å². The van der Waals surface area contributed by atoms with E-state index in [2.05, 4.69) is 5.32 Å². The highest BCUT2D eigenvalue weighted by Crippen LogP contribution is 2.21. The number of rotatable bonds is 3. The number of ether oxygens (including phenoxy) is 1. The lowest BCUT2D eigenvalue weighted by Gasteiger charge is -2.33. The summed E-state index contributed by atoms with van der Waals surface area (Å²) in [6.07, 6.45) is 1.05. The zero-order chi connectivity index (χ0) is 17.7. The van der Waals surface area contributed by atoms with Gasteiger partial charge >= 0.3 is 6.09 Å². The summed E-state index contributed by atoms with van der Waals surface area (Å²) >= 11 is 0. The molecular formula is C19H28N2O3. The topological polar surface area (TPSA) is 58.6 Å². The summed E-state index contributed by atoms with van der Waals surface area (Å²) in [6, 6.07) is 9.91. The van der Waals surface area contributed by atoms with Crippen LogP contribution in [0.4, 0.5) is 4.79 Å². The van der Waals surface area contributed by atoms with Crippen molar-refractivity contribution >= 4 is 12.0 Å². The molecule has 0 aliphatic carbocycles. The number of hydrogen-bond acceptors (Lipinski definition) is 3. The van der Waals surface area contributed by atoms with Crippen molar-refractivity contribution in [1.82, 2.24) is 10.2 Å². The fraction of sp³-hybridized carbons (Fsp3) is 0.579. The van der Waals surface area contributed by atoms with Gasteiger partial charge < -0.3 is 15.0 Å². The Morgan fingerprint density at radius 3 is 2.29 bits per heavy atom. The van der Waals surface area contributed by atoms with Crippen molar-refractivity contribution in [3.05, 3.63) is 35.9 Å². The van der Waals surface area contributed by atoms with Crippen LogP contribution in [-0.4, -0.2) is 35.6 Å². The number of amides is 2. The Kier molecular flexibility index (Phi) is 5.86. The minimum atomic E-state index is -0.490. The van der Waals surface area contributed by atoms with E-state index in [1.807, 2.05) is 58.0 Å². The van der Waals surface area contributed by atoms with Crippen molar-refractivity contribution in [3.63, 3.8) is 0 Å². The van der Waals surface area contributed by atoms with E-state index in [1.165, 1.54) is 0 Å². The zero-order valence-corrected chi connectivity index (χ0v) is 15.0. The average molecular weight is 332 g/mol. The molecule has 0 spiro atoms. The second-order valence-electron chi connectivity index (χ2n) is 7.38. The first-order chi connectivity index (χ1) is 11.3. The Morgan fingerprint density at radius 2 is 1.75 bits per heavy atom. The number of carbonyl (C=O) groups excluding carboxylic acids is 2. The number of hydrogen-bond donors (Lipinski definition) is 1. The Labute approximate surface area is 144 Å². The van der Waals surface area contributed by atoms with Gasteiger partial charge in [-0.3, -0.25) is 4.79 Å². The van der Waals surface area contributed by atoms with Crippen LogP contribution in [0.15, 0.2) is 30.3 Å². The molecule has 1 saturated heterocycles. The Balaban J connectivity index is 1.81. The molecule has 5 nitrogen and oxygen atoms in total. The molecule has 2 rings (SSSR count). The fourth-order valence-electron chi connectivity index (χ4n) is 2.81. The van der Waals surface area contributed by atoms with Gasteiger partial charge in [0.15, 0.2) is 0 Å². The SMILES string of the molecule is C[C@@H](NC(=O)C1CCN(C(=O)OC(C)(C)C)CC1)c1ccccc1.